The summed E-state index contributed by atoms with van der Waals surface area (Å²) < 4.78 is 0. The van der Waals surface area contributed by atoms with Gasteiger partial charge in [0.05, 0.1) is 11.5 Å². The van der Waals surface area contributed by atoms with Crippen LogP contribution in [-0.4, -0.2) is 40.0 Å². The van der Waals surface area contributed by atoms with Gasteiger partial charge in [0.25, 0.3) is 0 Å². The van der Waals surface area contributed by atoms with E-state index < -0.39 is 0 Å². The minimum atomic E-state index is 0.387. The molecular weight excluding hydrogens is 350 g/mol. The van der Waals surface area contributed by atoms with Crippen LogP contribution < -0.4 is 21.6 Å². The number of alkyl halides is 1. The highest BCUT2D eigenvalue weighted by molar-refractivity contribution is 9.09. The van der Waals surface area contributed by atoms with E-state index in [1.807, 2.05) is 0 Å². The van der Waals surface area contributed by atoms with Gasteiger partial charge in [0.15, 0.2) is 0 Å². The zero-order valence-electron chi connectivity index (χ0n) is 12.4. The van der Waals surface area contributed by atoms with Crippen molar-refractivity contribution in [1.82, 2.24) is 26.6 Å². The zero-order valence-corrected chi connectivity index (χ0v) is 14.8. The minimum Gasteiger partial charge on any atom is -0.316 e. The molecule has 0 bridgehead atoms. The summed E-state index contributed by atoms with van der Waals surface area (Å²) >= 11 is 5.88. The van der Waals surface area contributed by atoms with Crippen LogP contribution >= 0.6 is 27.7 Å². The molecule has 0 aromatic heterocycles. The molecule has 21 heavy (non-hydrogen) atoms. The average Bonchev–Trinajstić information content (AvgIpc) is 3.08. The Bertz CT molecular complexity index is 367. The Balaban J connectivity index is 1.38. The second kappa shape index (κ2) is 6.63. The van der Waals surface area contributed by atoms with Crippen LogP contribution in [0.3, 0.4) is 0 Å². The molecule has 0 radical (unpaired) electrons. The summed E-state index contributed by atoms with van der Waals surface area (Å²) in [6.45, 7) is 2.31. The number of thioether (sulfide) groups is 1. The average molecular weight is 376 g/mol. The van der Waals surface area contributed by atoms with E-state index in [2.05, 4.69) is 54.3 Å². The predicted molar refractivity (Wildman–Crippen MR) is 90.5 cm³/mol. The van der Waals surface area contributed by atoms with Crippen molar-refractivity contribution in [3.63, 3.8) is 0 Å². The van der Waals surface area contributed by atoms with Gasteiger partial charge in [0, 0.05) is 17.3 Å². The number of hydrogen-bond donors (Lipinski definition) is 4. The SMILES string of the molecule is BrC1CCCC(C2NN3C(NNC3C3CCCNC3)S2)C1. The number of fused-ring (bicyclic) bond motifs is 1. The van der Waals surface area contributed by atoms with Gasteiger partial charge in [-0.1, -0.05) is 22.4 Å². The summed E-state index contributed by atoms with van der Waals surface area (Å²) in [5.74, 6) is 1.49. The molecule has 1 aliphatic carbocycles. The monoisotopic (exact) mass is 375 g/mol. The first kappa shape index (κ1) is 15.2. The molecule has 6 unspecified atom stereocenters. The Labute approximate surface area is 139 Å². The maximum absolute atomic E-state index is 3.82. The molecule has 0 spiro atoms. The molecule has 7 heteroatoms. The smallest absolute Gasteiger partial charge is 0.136 e. The molecule has 4 fully saturated rings. The zero-order chi connectivity index (χ0) is 14.2. The lowest BCUT2D eigenvalue weighted by atomic mass is 9.89. The quantitative estimate of drug-likeness (QED) is 0.549. The van der Waals surface area contributed by atoms with Gasteiger partial charge >= 0.3 is 0 Å². The van der Waals surface area contributed by atoms with Crippen LogP contribution in [0.2, 0.25) is 0 Å². The summed E-state index contributed by atoms with van der Waals surface area (Å²) in [5.41, 5.74) is 11.2. The lowest BCUT2D eigenvalue weighted by Gasteiger charge is -2.34. The fraction of sp³-hybridized carbons (Fsp3) is 1.00. The first-order valence-electron chi connectivity index (χ1n) is 8.37. The molecule has 3 aliphatic heterocycles. The Hall–Kier alpha value is 0.630. The summed E-state index contributed by atoms with van der Waals surface area (Å²) in [6, 6.07) is 0. The van der Waals surface area contributed by atoms with Gasteiger partial charge in [0.2, 0.25) is 0 Å². The maximum atomic E-state index is 3.82. The summed E-state index contributed by atoms with van der Waals surface area (Å²) in [4.78, 5) is 0.721. The number of hydrazine groups is 2. The predicted octanol–water partition coefficient (Wildman–Crippen LogP) is 1.54. The fourth-order valence-corrected chi connectivity index (χ4v) is 6.35. The highest BCUT2D eigenvalue weighted by Gasteiger charge is 2.46. The van der Waals surface area contributed by atoms with E-state index in [0.29, 0.717) is 23.0 Å². The van der Waals surface area contributed by atoms with E-state index in [4.69, 9.17) is 0 Å². The number of nitrogens with zero attached hydrogens (tertiary/aromatic N) is 1. The standard InChI is InChI=1S/C14H26BrN5S/c15-11-5-1-3-9(7-11)13-19-20-12(17-18-14(20)21-13)10-4-2-6-16-8-10/h9-14,16-19H,1-8H2. The van der Waals surface area contributed by atoms with Gasteiger partial charge in [-0.15, -0.1) is 11.8 Å². The lowest BCUT2D eigenvalue weighted by molar-refractivity contribution is 0.0880. The highest BCUT2D eigenvalue weighted by atomic mass is 79.9. The summed E-state index contributed by atoms with van der Waals surface area (Å²) in [7, 11) is 0. The molecule has 0 amide bonds. The van der Waals surface area contributed by atoms with Crippen molar-refractivity contribution in [2.24, 2.45) is 11.8 Å². The van der Waals surface area contributed by atoms with Crippen LogP contribution in [0, 0.1) is 11.8 Å². The Kier molecular flexibility index (Phi) is 4.79. The van der Waals surface area contributed by atoms with E-state index in [-0.39, 0.29) is 0 Å². The minimum absolute atomic E-state index is 0.387. The van der Waals surface area contributed by atoms with Crippen molar-refractivity contribution >= 4 is 27.7 Å². The van der Waals surface area contributed by atoms with Crippen molar-refractivity contribution < 1.29 is 0 Å². The third-order valence-electron chi connectivity index (χ3n) is 5.32. The molecule has 1 saturated carbocycles. The molecule has 5 nitrogen and oxygen atoms in total. The molecule has 6 atom stereocenters. The third kappa shape index (κ3) is 3.16. The van der Waals surface area contributed by atoms with Crippen LogP contribution in [0.15, 0.2) is 0 Å². The largest absolute Gasteiger partial charge is 0.316 e. The maximum Gasteiger partial charge on any atom is 0.136 e. The van der Waals surface area contributed by atoms with Gasteiger partial charge in [-0.25, -0.2) is 16.3 Å². The second-order valence-corrected chi connectivity index (χ2v) is 9.33. The second-order valence-electron chi connectivity index (χ2n) is 6.81. The molecule has 3 heterocycles. The number of piperidine rings is 1. The van der Waals surface area contributed by atoms with E-state index >= 15 is 0 Å². The van der Waals surface area contributed by atoms with Gasteiger partial charge in [0.1, 0.15) is 5.50 Å². The van der Waals surface area contributed by atoms with Crippen molar-refractivity contribution in [2.45, 2.75) is 60.4 Å². The van der Waals surface area contributed by atoms with Crippen LogP contribution in [0.5, 0.6) is 0 Å². The Morgan fingerprint density at radius 3 is 2.76 bits per heavy atom. The van der Waals surface area contributed by atoms with Crippen molar-refractivity contribution in [3.8, 4) is 0 Å². The van der Waals surface area contributed by atoms with Crippen molar-refractivity contribution in [1.29, 1.82) is 0 Å². The van der Waals surface area contributed by atoms with E-state index in [0.717, 1.165) is 17.3 Å². The lowest BCUT2D eigenvalue weighted by Crippen LogP contribution is -2.54. The number of rotatable bonds is 2. The van der Waals surface area contributed by atoms with E-state index in [9.17, 15) is 0 Å². The van der Waals surface area contributed by atoms with Crippen LogP contribution in [0.4, 0.5) is 0 Å². The van der Waals surface area contributed by atoms with E-state index in [1.54, 1.807) is 0 Å². The van der Waals surface area contributed by atoms with Gasteiger partial charge in [-0.05, 0) is 44.6 Å². The van der Waals surface area contributed by atoms with Gasteiger partial charge < -0.3 is 5.32 Å². The molecule has 4 aliphatic rings. The Morgan fingerprint density at radius 2 is 1.95 bits per heavy atom. The molecule has 4 rings (SSSR count). The molecule has 120 valence electrons. The highest BCUT2D eigenvalue weighted by Crippen LogP contribution is 2.41. The van der Waals surface area contributed by atoms with Crippen LogP contribution in [0.25, 0.3) is 0 Å². The van der Waals surface area contributed by atoms with E-state index in [1.165, 1.54) is 45.1 Å². The topological polar surface area (TPSA) is 51.4 Å². The summed E-state index contributed by atoms with van der Waals surface area (Å²) in [6.07, 6.45) is 8.43. The number of halogens is 1. The molecule has 0 aromatic rings. The molecule has 4 N–H and O–H groups in total. The van der Waals surface area contributed by atoms with Crippen molar-refractivity contribution in [2.75, 3.05) is 13.1 Å². The number of hydrogen-bond acceptors (Lipinski definition) is 6. The molecular formula is C14H26BrN5S. The summed E-state index contributed by atoms with van der Waals surface area (Å²) in [5, 5.41) is 6.56. The molecule has 3 saturated heterocycles. The fourth-order valence-electron chi connectivity index (χ4n) is 4.16. The van der Waals surface area contributed by atoms with Crippen molar-refractivity contribution in [3.05, 3.63) is 0 Å². The molecule has 0 aromatic carbocycles. The first-order valence-corrected chi connectivity index (χ1v) is 10.2. The first-order chi connectivity index (χ1) is 10.3. The van der Waals surface area contributed by atoms with Gasteiger partial charge in [-0.3, -0.25) is 0 Å². The van der Waals surface area contributed by atoms with Crippen LogP contribution in [-0.2, 0) is 0 Å². The normalized spacial score (nSPS) is 48.4. The van der Waals surface area contributed by atoms with Gasteiger partial charge in [-0.2, -0.15) is 5.01 Å². The number of nitrogens with one attached hydrogen (secondary N) is 4. The third-order valence-corrected chi connectivity index (χ3v) is 7.54. The Morgan fingerprint density at radius 1 is 1.05 bits per heavy atom. The van der Waals surface area contributed by atoms with Crippen LogP contribution in [0.1, 0.15) is 38.5 Å².